The van der Waals surface area contributed by atoms with Crippen LogP contribution in [0.1, 0.15) is 28.5 Å². The van der Waals surface area contributed by atoms with Gasteiger partial charge >= 0.3 is 0 Å². The van der Waals surface area contributed by atoms with Crippen molar-refractivity contribution in [2.45, 2.75) is 18.6 Å². The average molecular weight is 335 g/mol. The zero-order valence-electron chi connectivity index (χ0n) is 12.8. The molecule has 0 spiro atoms. The van der Waals surface area contributed by atoms with Gasteiger partial charge in [-0.1, -0.05) is 6.07 Å². The highest BCUT2D eigenvalue weighted by atomic mass is 19.2. The van der Waals surface area contributed by atoms with Gasteiger partial charge in [0.15, 0.2) is 17.3 Å². The van der Waals surface area contributed by atoms with Crippen LogP contribution in [0.3, 0.4) is 0 Å². The fraction of sp³-hybridized carbons (Fsp3) is 0.312. The lowest BCUT2D eigenvalue weighted by Gasteiger charge is -2.24. The van der Waals surface area contributed by atoms with Gasteiger partial charge in [-0.2, -0.15) is 0 Å². The topological polar surface area (TPSA) is 75.5 Å². The van der Waals surface area contributed by atoms with E-state index in [1.165, 1.54) is 30.2 Å². The van der Waals surface area contributed by atoms with Gasteiger partial charge in [-0.25, -0.2) is 8.78 Å². The van der Waals surface area contributed by atoms with E-state index in [0.717, 1.165) is 12.1 Å². The first-order valence-corrected chi connectivity index (χ1v) is 7.31. The molecule has 0 aliphatic carbocycles. The molecule has 1 N–H and O–H groups in total. The number of carbonyl (C=O) groups is 1. The predicted octanol–water partition coefficient (Wildman–Crippen LogP) is 1.71. The second-order valence-corrected chi connectivity index (χ2v) is 5.50. The molecule has 1 fully saturated rings. The van der Waals surface area contributed by atoms with E-state index in [1.54, 1.807) is 0 Å². The van der Waals surface area contributed by atoms with Crippen LogP contribution in [0, 0.1) is 11.6 Å². The number of ether oxygens (including phenoxy) is 1. The van der Waals surface area contributed by atoms with E-state index in [0.29, 0.717) is 5.56 Å². The Morgan fingerprint density at radius 3 is 2.67 bits per heavy atom. The first-order chi connectivity index (χ1) is 11.5. The van der Waals surface area contributed by atoms with Crippen molar-refractivity contribution in [1.29, 1.82) is 0 Å². The minimum Gasteiger partial charge on any atom is -0.480 e. The molecule has 1 amide bonds. The number of hydrogen-bond donors (Lipinski definition) is 1. The molecule has 6 nitrogen and oxygen atoms in total. The standard InChI is InChI=1S/C16H15F2N3O3/c1-24-15-5-4-13(19-20-15)16(23)21-8-10(22)7-14(21)9-2-3-11(17)12(18)6-9/h2-6,10,14,22H,7-8H2,1H3/t10-,14+/m1/s1. The summed E-state index contributed by atoms with van der Waals surface area (Å²) in [6, 6.07) is 5.84. The first-order valence-electron chi connectivity index (χ1n) is 7.31. The lowest BCUT2D eigenvalue weighted by atomic mass is 10.0. The van der Waals surface area contributed by atoms with Gasteiger partial charge in [0.05, 0.1) is 19.3 Å². The summed E-state index contributed by atoms with van der Waals surface area (Å²) < 4.78 is 31.5. The molecule has 0 radical (unpaired) electrons. The maximum atomic E-state index is 13.5. The summed E-state index contributed by atoms with van der Waals surface area (Å²) in [7, 11) is 1.43. The van der Waals surface area contributed by atoms with Crippen molar-refractivity contribution in [3.8, 4) is 5.88 Å². The molecule has 0 bridgehead atoms. The fourth-order valence-electron chi connectivity index (χ4n) is 2.76. The summed E-state index contributed by atoms with van der Waals surface area (Å²) in [5, 5.41) is 17.5. The van der Waals surface area contributed by atoms with Crippen LogP contribution in [-0.2, 0) is 0 Å². The van der Waals surface area contributed by atoms with Gasteiger partial charge < -0.3 is 14.7 Å². The van der Waals surface area contributed by atoms with Gasteiger partial charge in [0.2, 0.25) is 5.88 Å². The fourth-order valence-corrected chi connectivity index (χ4v) is 2.76. The van der Waals surface area contributed by atoms with E-state index < -0.39 is 29.7 Å². The molecule has 1 aromatic carbocycles. The zero-order valence-corrected chi connectivity index (χ0v) is 12.8. The normalized spacial score (nSPS) is 20.2. The van der Waals surface area contributed by atoms with Crippen LogP contribution in [-0.4, -0.2) is 45.9 Å². The number of nitrogens with zero attached hydrogens (tertiary/aromatic N) is 3. The molecule has 0 unspecified atom stereocenters. The third-order valence-corrected chi connectivity index (χ3v) is 3.94. The Labute approximate surface area is 136 Å². The highest BCUT2D eigenvalue weighted by Gasteiger charge is 2.36. The number of β-amino-alcohol motifs (C(OH)–C–C–N with tert-alkyl or cyclic N) is 1. The highest BCUT2D eigenvalue weighted by Crippen LogP contribution is 2.33. The number of likely N-dealkylation sites (tertiary alicyclic amines) is 1. The summed E-state index contributed by atoms with van der Waals surface area (Å²) >= 11 is 0. The molecule has 1 saturated heterocycles. The largest absolute Gasteiger partial charge is 0.480 e. The summed E-state index contributed by atoms with van der Waals surface area (Å²) in [6.45, 7) is 0.0796. The monoisotopic (exact) mass is 335 g/mol. The predicted molar refractivity (Wildman–Crippen MR) is 79.3 cm³/mol. The number of rotatable bonds is 3. The van der Waals surface area contributed by atoms with Gasteiger partial charge in [0, 0.05) is 12.6 Å². The number of hydrogen-bond acceptors (Lipinski definition) is 5. The Kier molecular flexibility index (Phi) is 4.39. The van der Waals surface area contributed by atoms with Gasteiger partial charge in [0.1, 0.15) is 0 Å². The Morgan fingerprint density at radius 2 is 2.04 bits per heavy atom. The van der Waals surface area contributed by atoms with Crippen LogP contribution < -0.4 is 4.74 Å². The smallest absolute Gasteiger partial charge is 0.274 e. The lowest BCUT2D eigenvalue weighted by molar-refractivity contribution is 0.0708. The van der Waals surface area contributed by atoms with Crippen LogP contribution in [0.15, 0.2) is 30.3 Å². The first kappa shape index (κ1) is 16.3. The van der Waals surface area contributed by atoms with Crippen LogP contribution in [0.25, 0.3) is 0 Å². The summed E-state index contributed by atoms with van der Waals surface area (Å²) in [5.74, 6) is -2.14. The van der Waals surface area contributed by atoms with E-state index in [-0.39, 0.29) is 24.5 Å². The van der Waals surface area contributed by atoms with Gasteiger partial charge in [-0.3, -0.25) is 4.79 Å². The molecule has 2 aromatic rings. The summed E-state index contributed by atoms with van der Waals surface area (Å²) in [5.41, 5.74) is 0.498. The Morgan fingerprint density at radius 1 is 1.25 bits per heavy atom. The molecule has 0 saturated carbocycles. The summed E-state index contributed by atoms with van der Waals surface area (Å²) in [6.07, 6.45) is -0.515. The third kappa shape index (κ3) is 3.05. The van der Waals surface area contributed by atoms with Crippen molar-refractivity contribution in [2.24, 2.45) is 0 Å². The number of aromatic nitrogens is 2. The Balaban J connectivity index is 1.88. The number of amides is 1. The van der Waals surface area contributed by atoms with Crippen molar-refractivity contribution in [1.82, 2.24) is 15.1 Å². The van der Waals surface area contributed by atoms with Crippen LogP contribution >= 0.6 is 0 Å². The van der Waals surface area contributed by atoms with E-state index in [2.05, 4.69) is 10.2 Å². The Hall–Kier alpha value is -2.61. The number of benzene rings is 1. The number of aliphatic hydroxyl groups excluding tert-OH is 1. The van der Waals surface area contributed by atoms with E-state index in [4.69, 9.17) is 4.74 Å². The van der Waals surface area contributed by atoms with Crippen LogP contribution in [0.2, 0.25) is 0 Å². The second-order valence-electron chi connectivity index (χ2n) is 5.50. The molecule has 2 atom stereocenters. The van der Waals surface area contributed by atoms with Crippen molar-refractivity contribution >= 4 is 5.91 Å². The van der Waals surface area contributed by atoms with E-state index in [9.17, 15) is 18.7 Å². The van der Waals surface area contributed by atoms with Crippen molar-refractivity contribution in [2.75, 3.05) is 13.7 Å². The number of carbonyl (C=O) groups excluding carboxylic acids is 1. The van der Waals surface area contributed by atoms with Crippen molar-refractivity contribution in [3.05, 3.63) is 53.2 Å². The molecule has 1 aliphatic rings. The molecule has 8 heteroatoms. The molecule has 24 heavy (non-hydrogen) atoms. The molecule has 126 valence electrons. The van der Waals surface area contributed by atoms with Crippen LogP contribution in [0.4, 0.5) is 8.78 Å². The third-order valence-electron chi connectivity index (χ3n) is 3.94. The molecular weight excluding hydrogens is 320 g/mol. The lowest BCUT2D eigenvalue weighted by Crippen LogP contribution is -2.32. The maximum absolute atomic E-state index is 13.5. The SMILES string of the molecule is COc1ccc(C(=O)N2C[C@H](O)C[C@H]2c2ccc(F)c(F)c2)nn1. The molecule has 1 aliphatic heterocycles. The zero-order chi connectivity index (χ0) is 17.3. The van der Waals surface area contributed by atoms with E-state index >= 15 is 0 Å². The average Bonchev–Trinajstić information content (AvgIpc) is 2.98. The van der Waals surface area contributed by atoms with Crippen molar-refractivity contribution in [3.63, 3.8) is 0 Å². The minimum absolute atomic E-state index is 0.0796. The van der Waals surface area contributed by atoms with Gasteiger partial charge in [-0.05, 0) is 30.2 Å². The van der Waals surface area contributed by atoms with Crippen LogP contribution in [0.5, 0.6) is 5.88 Å². The van der Waals surface area contributed by atoms with Gasteiger partial charge in [0.25, 0.3) is 5.91 Å². The highest BCUT2D eigenvalue weighted by molar-refractivity contribution is 5.92. The van der Waals surface area contributed by atoms with Gasteiger partial charge in [-0.15, -0.1) is 10.2 Å². The minimum atomic E-state index is -0.995. The quantitative estimate of drug-likeness (QED) is 0.924. The maximum Gasteiger partial charge on any atom is 0.274 e. The number of halogens is 2. The number of aliphatic hydroxyl groups is 1. The van der Waals surface area contributed by atoms with E-state index in [1.807, 2.05) is 0 Å². The Bertz CT molecular complexity index is 755. The molecular formula is C16H15F2N3O3. The van der Waals surface area contributed by atoms with Crippen molar-refractivity contribution < 1.29 is 23.4 Å². The molecule has 3 rings (SSSR count). The second kappa shape index (κ2) is 6.48. The summed E-state index contributed by atoms with van der Waals surface area (Å²) in [4.78, 5) is 14.0. The molecule has 2 heterocycles. The number of methoxy groups -OCH3 is 1. The molecule has 1 aromatic heterocycles.